The van der Waals surface area contributed by atoms with Gasteiger partial charge in [0, 0.05) is 17.5 Å². The van der Waals surface area contributed by atoms with Crippen molar-refractivity contribution in [1.29, 1.82) is 0 Å². The summed E-state index contributed by atoms with van der Waals surface area (Å²) in [6.07, 6.45) is 0.846. The molecule has 2 N–H and O–H groups in total. The van der Waals surface area contributed by atoms with Crippen molar-refractivity contribution in [2.24, 2.45) is 5.73 Å². The fraction of sp³-hybridized carbons (Fsp3) is 0.500. The van der Waals surface area contributed by atoms with Crippen molar-refractivity contribution in [3.05, 3.63) is 29.7 Å². The summed E-state index contributed by atoms with van der Waals surface area (Å²) >= 11 is 0. The van der Waals surface area contributed by atoms with Crippen LogP contribution in [-0.4, -0.2) is 21.1 Å². The van der Waals surface area contributed by atoms with Gasteiger partial charge in [-0.05, 0) is 18.7 Å². The normalized spacial score (nSPS) is 12.2. The highest BCUT2D eigenvalue weighted by Crippen LogP contribution is 2.22. The maximum absolute atomic E-state index is 5.63. The highest BCUT2D eigenvalue weighted by Gasteiger charge is 2.21. The van der Waals surface area contributed by atoms with Crippen LogP contribution < -0.4 is 5.73 Å². The summed E-state index contributed by atoms with van der Waals surface area (Å²) in [6.45, 7) is 7.06. The van der Waals surface area contributed by atoms with E-state index in [0.717, 1.165) is 17.9 Å². The minimum Gasteiger partial charge on any atom is -0.330 e. The van der Waals surface area contributed by atoms with E-state index in [1.807, 2.05) is 12.1 Å². The Kier molecular flexibility index (Phi) is 2.68. The van der Waals surface area contributed by atoms with E-state index in [1.54, 1.807) is 0 Å². The van der Waals surface area contributed by atoms with Gasteiger partial charge in [0.2, 0.25) is 0 Å². The summed E-state index contributed by atoms with van der Waals surface area (Å²) in [5, 5.41) is 8.48. The number of nitrogens with two attached hydrogens (primary N) is 1. The second-order valence-electron chi connectivity index (χ2n) is 5.02. The lowest BCUT2D eigenvalue weighted by Crippen LogP contribution is -2.18. The van der Waals surface area contributed by atoms with E-state index < -0.39 is 0 Å². The minimum atomic E-state index is -0.00980. The Labute approximate surface area is 95.5 Å². The molecule has 0 bridgehead atoms. The molecule has 0 fully saturated rings. The molecule has 4 nitrogen and oxygen atoms in total. The Hall–Kier alpha value is -1.42. The van der Waals surface area contributed by atoms with Crippen LogP contribution in [0.15, 0.2) is 18.2 Å². The summed E-state index contributed by atoms with van der Waals surface area (Å²) in [4.78, 5) is 0. The maximum atomic E-state index is 5.63. The molecular formula is C12H18N4. The zero-order valence-electron chi connectivity index (χ0n) is 10.1. The molecule has 0 aliphatic heterocycles. The number of hydrogen-bond acceptors (Lipinski definition) is 3. The van der Waals surface area contributed by atoms with Crippen molar-refractivity contribution < 1.29 is 0 Å². The van der Waals surface area contributed by atoms with Gasteiger partial charge in [-0.1, -0.05) is 26.8 Å². The van der Waals surface area contributed by atoms with Gasteiger partial charge in [0.1, 0.15) is 5.82 Å². The molecule has 0 saturated carbocycles. The van der Waals surface area contributed by atoms with Gasteiger partial charge >= 0.3 is 0 Å². The minimum absolute atomic E-state index is 0.00980. The molecule has 2 aromatic rings. The number of fused-ring (bicyclic) bond motifs is 1. The lowest BCUT2D eigenvalue weighted by atomic mass is 9.95. The topological polar surface area (TPSA) is 56.2 Å². The second kappa shape index (κ2) is 3.87. The van der Waals surface area contributed by atoms with Gasteiger partial charge in [-0.15, -0.1) is 10.2 Å². The molecule has 2 heterocycles. The van der Waals surface area contributed by atoms with Gasteiger partial charge in [0.05, 0.1) is 0 Å². The standard InChI is InChI=1S/C12H18N4/c1-12(2,3)11-15-14-10-6-4-5-9(7-8-13)16(10)11/h4-6H,7-8,13H2,1-3H3. The van der Waals surface area contributed by atoms with Crippen LogP contribution in [0, 0.1) is 0 Å². The van der Waals surface area contributed by atoms with Crippen LogP contribution in [-0.2, 0) is 11.8 Å². The predicted octanol–water partition coefficient (Wildman–Crippen LogP) is 1.53. The van der Waals surface area contributed by atoms with E-state index in [0.29, 0.717) is 6.54 Å². The van der Waals surface area contributed by atoms with Crippen molar-refractivity contribution in [2.75, 3.05) is 6.54 Å². The second-order valence-corrected chi connectivity index (χ2v) is 5.02. The summed E-state index contributed by atoms with van der Waals surface area (Å²) in [5.41, 5.74) is 7.69. The fourth-order valence-electron chi connectivity index (χ4n) is 1.84. The first-order chi connectivity index (χ1) is 7.54. The van der Waals surface area contributed by atoms with Crippen LogP contribution in [0.3, 0.4) is 0 Å². The van der Waals surface area contributed by atoms with Crippen molar-refractivity contribution in [3.8, 4) is 0 Å². The molecule has 0 aliphatic rings. The van der Waals surface area contributed by atoms with E-state index in [1.165, 1.54) is 5.69 Å². The predicted molar refractivity (Wildman–Crippen MR) is 64.4 cm³/mol. The Morgan fingerprint density at radius 2 is 2.00 bits per heavy atom. The maximum Gasteiger partial charge on any atom is 0.161 e. The largest absolute Gasteiger partial charge is 0.330 e. The third kappa shape index (κ3) is 1.80. The molecule has 0 aliphatic carbocycles. The molecule has 16 heavy (non-hydrogen) atoms. The van der Waals surface area contributed by atoms with E-state index in [4.69, 9.17) is 5.73 Å². The lowest BCUT2D eigenvalue weighted by Gasteiger charge is -2.17. The first-order valence-corrected chi connectivity index (χ1v) is 5.57. The summed E-state index contributed by atoms with van der Waals surface area (Å²) in [6, 6.07) is 6.06. The lowest BCUT2D eigenvalue weighted by molar-refractivity contribution is 0.535. The molecule has 0 spiro atoms. The third-order valence-corrected chi connectivity index (χ3v) is 2.58. The third-order valence-electron chi connectivity index (χ3n) is 2.58. The van der Waals surface area contributed by atoms with Gasteiger partial charge in [-0.3, -0.25) is 4.40 Å². The van der Waals surface area contributed by atoms with E-state index >= 15 is 0 Å². The summed E-state index contributed by atoms with van der Waals surface area (Å²) in [7, 11) is 0. The highest BCUT2D eigenvalue weighted by molar-refractivity contribution is 5.41. The van der Waals surface area contributed by atoms with Crippen LogP contribution in [0.5, 0.6) is 0 Å². The van der Waals surface area contributed by atoms with E-state index in [9.17, 15) is 0 Å². The molecule has 4 heteroatoms. The fourth-order valence-corrected chi connectivity index (χ4v) is 1.84. The number of nitrogens with zero attached hydrogens (tertiary/aromatic N) is 3. The van der Waals surface area contributed by atoms with Gasteiger partial charge in [-0.25, -0.2) is 0 Å². The first-order valence-electron chi connectivity index (χ1n) is 5.57. The molecular weight excluding hydrogens is 200 g/mol. The summed E-state index contributed by atoms with van der Waals surface area (Å²) < 4.78 is 2.12. The molecule has 0 aromatic carbocycles. The van der Waals surface area contributed by atoms with Crippen LogP contribution in [0.25, 0.3) is 5.65 Å². The number of rotatable bonds is 2. The molecule has 2 rings (SSSR count). The molecule has 0 amide bonds. The van der Waals surface area contributed by atoms with E-state index in [-0.39, 0.29) is 5.41 Å². The van der Waals surface area contributed by atoms with Gasteiger partial charge in [-0.2, -0.15) is 0 Å². The average molecular weight is 218 g/mol. The molecule has 0 atom stereocenters. The van der Waals surface area contributed by atoms with Gasteiger partial charge in [0.15, 0.2) is 5.65 Å². The number of pyridine rings is 1. The Bertz CT molecular complexity index is 493. The van der Waals surface area contributed by atoms with Crippen LogP contribution in [0.2, 0.25) is 0 Å². The zero-order chi connectivity index (χ0) is 11.8. The monoisotopic (exact) mass is 218 g/mol. The molecule has 2 aromatic heterocycles. The van der Waals surface area contributed by atoms with Gasteiger partial charge in [0.25, 0.3) is 0 Å². The Morgan fingerprint density at radius 1 is 1.25 bits per heavy atom. The van der Waals surface area contributed by atoms with Crippen molar-refractivity contribution in [2.45, 2.75) is 32.6 Å². The molecule has 0 saturated heterocycles. The summed E-state index contributed by atoms with van der Waals surface area (Å²) in [5.74, 6) is 0.992. The highest BCUT2D eigenvalue weighted by atomic mass is 15.3. The van der Waals surface area contributed by atoms with E-state index in [2.05, 4.69) is 41.4 Å². The first kappa shape index (κ1) is 11.1. The van der Waals surface area contributed by atoms with Crippen LogP contribution in [0.1, 0.15) is 32.3 Å². The van der Waals surface area contributed by atoms with Crippen LogP contribution >= 0.6 is 0 Å². The number of hydrogen-bond donors (Lipinski definition) is 1. The average Bonchev–Trinajstić information content (AvgIpc) is 2.62. The Balaban J connectivity index is 2.68. The molecule has 0 unspecified atom stereocenters. The molecule has 86 valence electrons. The molecule has 0 radical (unpaired) electrons. The van der Waals surface area contributed by atoms with Crippen molar-refractivity contribution in [3.63, 3.8) is 0 Å². The Morgan fingerprint density at radius 3 is 2.62 bits per heavy atom. The van der Waals surface area contributed by atoms with Crippen LogP contribution in [0.4, 0.5) is 0 Å². The van der Waals surface area contributed by atoms with Gasteiger partial charge < -0.3 is 5.73 Å². The van der Waals surface area contributed by atoms with Crippen molar-refractivity contribution >= 4 is 5.65 Å². The SMILES string of the molecule is CC(C)(C)c1nnc2cccc(CCN)n12. The van der Waals surface area contributed by atoms with Crippen molar-refractivity contribution in [1.82, 2.24) is 14.6 Å². The number of aromatic nitrogens is 3. The smallest absolute Gasteiger partial charge is 0.161 e. The zero-order valence-corrected chi connectivity index (χ0v) is 10.1. The quantitative estimate of drug-likeness (QED) is 0.831.